The summed E-state index contributed by atoms with van der Waals surface area (Å²) in [5, 5.41) is 3.42. The van der Waals surface area contributed by atoms with Crippen LogP contribution in [0.1, 0.15) is 26.2 Å². The van der Waals surface area contributed by atoms with E-state index in [1.807, 2.05) is 6.20 Å². The van der Waals surface area contributed by atoms with Crippen molar-refractivity contribution in [1.29, 1.82) is 0 Å². The van der Waals surface area contributed by atoms with Crippen LogP contribution in [-0.4, -0.2) is 50.0 Å². The maximum atomic E-state index is 5.87. The largest absolute Gasteiger partial charge is 0.489 e. The lowest BCUT2D eigenvalue weighted by Crippen LogP contribution is -2.27. The molecule has 2 unspecified atom stereocenters. The van der Waals surface area contributed by atoms with Crippen molar-refractivity contribution in [3.8, 4) is 5.75 Å². The first kappa shape index (κ1) is 14.6. The van der Waals surface area contributed by atoms with Crippen LogP contribution in [0.25, 0.3) is 0 Å². The zero-order valence-corrected chi connectivity index (χ0v) is 12.8. The summed E-state index contributed by atoms with van der Waals surface area (Å²) < 4.78 is 11.7. The zero-order chi connectivity index (χ0) is 14.5. The van der Waals surface area contributed by atoms with E-state index in [-0.39, 0.29) is 6.10 Å². The molecule has 0 amide bonds. The van der Waals surface area contributed by atoms with Crippen LogP contribution in [0.3, 0.4) is 0 Å². The van der Waals surface area contributed by atoms with Crippen molar-refractivity contribution in [3.05, 3.63) is 18.5 Å². The first-order chi connectivity index (χ1) is 10.3. The standard InChI is InChI=1S/C16H25N3O2/c1-13-3-4-15(21-13)12-20-16-9-14(10-18-11-16)19-7-2-5-17-6-8-19/h9-11,13,15,17H,2-8,12H2,1H3. The Balaban J connectivity index is 1.57. The van der Waals surface area contributed by atoms with Crippen LogP contribution in [0.15, 0.2) is 18.5 Å². The topological polar surface area (TPSA) is 46.6 Å². The predicted octanol–water partition coefficient (Wildman–Crippen LogP) is 1.83. The lowest BCUT2D eigenvalue weighted by atomic mass is 10.2. The molecule has 0 radical (unpaired) electrons. The van der Waals surface area contributed by atoms with Crippen LogP contribution in [0.4, 0.5) is 5.69 Å². The molecular formula is C16H25N3O2. The van der Waals surface area contributed by atoms with E-state index in [1.54, 1.807) is 6.20 Å². The van der Waals surface area contributed by atoms with Crippen LogP contribution in [0.2, 0.25) is 0 Å². The number of nitrogens with one attached hydrogen (secondary N) is 1. The molecule has 0 bridgehead atoms. The number of aromatic nitrogens is 1. The molecule has 0 aliphatic carbocycles. The van der Waals surface area contributed by atoms with Crippen LogP contribution >= 0.6 is 0 Å². The van der Waals surface area contributed by atoms with E-state index in [0.717, 1.165) is 50.5 Å². The van der Waals surface area contributed by atoms with Gasteiger partial charge in [-0.15, -0.1) is 0 Å². The Hall–Kier alpha value is -1.33. The molecule has 2 atom stereocenters. The highest BCUT2D eigenvalue weighted by Crippen LogP contribution is 2.23. The lowest BCUT2D eigenvalue weighted by Gasteiger charge is -2.22. The molecule has 2 aliphatic rings. The molecule has 2 saturated heterocycles. The van der Waals surface area contributed by atoms with Gasteiger partial charge in [0.1, 0.15) is 12.4 Å². The third-order valence-corrected chi connectivity index (χ3v) is 4.16. The third kappa shape index (κ3) is 4.08. The summed E-state index contributed by atoms with van der Waals surface area (Å²) >= 11 is 0. The van der Waals surface area contributed by atoms with E-state index in [1.165, 1.54) is 6.42 Å². The number of hydrogen-bond donors (Lipinski definition) is 1. The first-order valence-electron chi connectivity index (χ1n) is 8.00. The average molecular weight is 291 g/mol. The summed E-state index contributed by atoms with van der Waals surface area (Å²) in [5.41, 5.74) is 1.15. The smallest absolute Gasteiger partial charge is 0.139 e. The van der Waals surface area contributed by atoms with Gasteiger partial charge in [-0.25, -0.2) is 0 Å². The van der Waals surface area contributed by atoms with Gasteiger partial charge in [0.2, 0.25) is 0 Å². The Kier molecular flexibility index (Phi) is 4.93. The Morgan fingerprint density at radius 1 is 1.33 bits per heavy atom. The summed E-state index contributed by atoms with van der Waals surface area (Å²) in [4.78, 5) is 6.69. The minimum absolute atomic E-state index is 0.228. The van der Waals surface area contributed by atoms with Crippen LogP contribution in [0.5, 0.6) is 5.75 Å². The second-order valence-corrected chi connectivity index (χ2v) is 5.93. The van der Waals surface area contributed by atoms with Crippen molar-refractivity contribution in [2.45, 2.75) is 38.4 Å². The van der Waals surface area contributed by atoms with Gasteiger partial charge in [0, 0.05) is 25.7 Å². The Morgan fingerprint density at radius 2 is 2.29 bits per heavy atom. The van der Waals surface area contributed by atoms with Crippen molar-refractivity contribution in [2.75, 3.05) is 37.7 Å². The van der Waals surface area contributed by atoms with Gasteiger partial charge < -0.3 is 19.7 Å². The van der Waals surface area contributed by atoms with Gasteiger partial charge in [-0.3, -0.25) is 4.98 Å². The first-order valence-corrected chi connectivity index (χ1v) is 8.00. The average Bonchev–Trinajstić information content (AvgIpc) is 2.76. The van der Waals surface area contributed by atoms with Crippen LogP contribution in [-0.2, 0) is 4.74 Å². The van der Waals surface area contributed by atoms with Gasteiger partial charge in [0.05, 0.1) is 30.3 Å². The molecule has 1 aromatic rings. The number of ether oxygens (including phenoxy) is 2. The van der Waals surface area contributed by atoms with Crippen LogP contribution < -0.4 is 15.0 Å². The predicted molar refractivity (Wildman–Crippen MR) is 83.0 cm³/mol. The monoisotopic (exact) mass is 291 g/mol. The number of anilines is 1. The molecule has 1 aromatic heterocycles. The second-order valence-electron chi connectivity index (χ2n) is 5.93. The molecule has 2 aliphatic heterocycles. The third-order valence-electron chi connectivity index (χ3n) is 4.16. The fourth-order valence-electron chi connectivity index (χ4n) is 2.96. The van der Waals surface area contributed by atoms with Gasteiger partial charge in [-0.2, -0.15) is 0 Å². The van der Waals surface area contributed by atoms with Gasteiger partial charge >= 0.3 is 0 Å². The van der Waals surface area contributed by atoms with E-state index < -0.39 is 0 Å². The van der Waals surface area contributed by atoms with Gasteiger partial charge in [0.25, 0.3) is 0 Å². The molecule has 0 saturated carbocycles. The molecule has 0 spiro atoms. The molecule has 116 valence electrons. The number of hydrogen-bond acceptors (Lipinski definition) is 5. The van der Waals surface area contributed by atoms with E-state index in [9.17, 15) is 0 Å². The molecule has 3 rings (SSSR count). The highest BCUT2D eigenvalue weighted by molar-refractivity contribution is 5.48. The van der Waals surface area contributed by atoms with E-state index >= 15 is 0 Å². The second kappa shape index (κ2) is 7.09. The fraction of sp³-hybridized carbons (Fsp3) is 0.688. The maximum Gasteiger partial charge on any atom is 0.139 e. The number of nitrogens with zero attached hydrogens (tertiary/aromatic N) is 2. The van der Waals surface area contributed by atoms with Gasteiger partial charge in [-0.05, 0) is 32.7 Å². The zero-order valence-electron chi connectivity index (χ0n) is 12.8. The van der Waals surface area contributed by atoms with E-state index in [2.05, 4.69) is 28.2 Å². The Labute approximate surface area is 126 Å². The van der Waals surface area contributed by atoms with Gasteiger partial charge in [-0.1, -0.05) is 0 Å². The van der Waals surface area contributed by atoms with E-state index in [0.29, 0.717) is 12.7 Å². The highest BCUT2D eigenvalue weighted by atomic mass is 16.5. The molecule has 3 heterocycles. The van der Waals surface area contributed by atoms with Crippen molar-refractivity contribution in [3.63, 3.8) is 0 Å². The van der Waals surface area contributed by atoms with Crippen molar-refractivity contribution >= 4 is 5.69 Å². The normalized spacial score (nSPS) is 26.6. The number of rotatable bonds is 4. The summed E-state index contributed by atoms with van der Waals surface area (Å²) in [6.07, 6.45) is 7.70. The quantitative estimate of drug-likeness (QED) is 0.917. The summed E-state index contributed by atoms with van der Waals surface area (Å²) in [7, 11) is 0. The Bertz CT molecular complexity index is 447. The molecule has 1 N–H and O–H groups in total. The summed E-state index contributed by atoms with van der Waals surface area (Å²) in [6.45, 7) is 6.96. The minimum atomic E-state index is 0.228. The van der Waals surface area contributed by atoms with E-state index in [4.69, 9.17) is 9.47 Å². The SMILES string of the molecule is CC1CCC(COc2cncc(N3CCCNCC3)c2)O1. The van der Waals surface area contributed by atoms with Crippen LogP contribution in [0, 0.1) is 0 Å². The summed E-state index contributed by atoms with van der Waals surface area (Å²) in [5.74, 6) is 0.841. The minimum Gasteiger partial charge on any atom is -0.489 e. The van der Waals surface area contributed by atoms with Crippen molar-refractivity contribution in [1.82, 2.24) is 10.3 Å². The molecule has 2 fully saturated rings. The molecular weight excluding hydrogens is 266 g/mol. The summed E-state index contributed by atoms with van der Waals surface area (Å²) in [6, 6.07) is 2.09. The van der Waals surface area contributed by atoms with Gasteiger partial charge in [0.15, 0.2) is 0 Å². The molecule has 5 heteroatoms. The Morgan fingerprint density at radius 3 is 3.14 bits per heavy atom. The molecule has 5 nitrogen and oxygen atoms in total. The fourth-order valence-corrected chi connectivity index (χ4v) is 2.96. The lowest BCUT2D eigenvalue weighted by molar-refractivity contribution is 0.0264. The number of pyridine rings is 1. The maximum absolute atomic E-state index is 5.87. The molecule has 21 heavy (non-hydrogen) atoms. The molecule has 0 aromatic carbocycles. The highest BCUT2D eigenvalue weighted by Gasteiger charge is 2.22. The van der Waals surface area contributed by atoms with Crippen molar-refractivity contribution < 1.29 is 9.47 Å². The van der Waals surface area contributed by atoms with Crippen molar-refractivity contribution in [2.24, 2.45) is 0 Å².